The van der Waals surface area contributed by atoms with E-state index in [0.29, 0.717) is 11.6 Å². The van der Waals surface area contributed by atoms with Crippen LogP contribution in [0.5, 0.6) is 0 Å². The first kappa shape index (κ1) is 16.7. The predicted molar refractivity (Wildman–Crippen MR) is 98.1 cm³/mol. The van der Waals surface area contributed by atoms with Crippen molar-refractivity contribution in [3.8, 4) is 6.07 Å². The molecule has 0 radical (unpaired) electrons. The lowest BCUT2D eigenvalue weighted by Crippen LogP contribution is -2.29. The molecule has 7 heteroatoms. The zero-order valence-corrected chi connectivity index (χ0v) is 14.7. The summed E-state index contributed by atoms with van der Waals surface area (Å²) in [5, 5.41) is 13.0. The molecule has 0 unspecified atom stereocenters. The summed E-state index contributed by atoms with van der Waals surface area (Å²) in [6, 6.07) is 6.27. The van der Waals surface area contributed by atoms with E-state index >= 15 is 0 Å². The fourth-order valence-electron chi connectivity index (χ4n) is 3.63. The molecule has 0 aromatic carbocycles. The third-order valence-electron chi connectivity index (χ3n) is 5.05. The maximum atomic E-state index is 9.36. The van der Waals surface area contributed by atoms with Crippen molar-refractivity contribution in [3.05, 3.63) is 41.5 Å². The van der Waals surface area contributed by atoms with Crippen LogP contribution in [0.25, 0.3) is 0 Å². The van der Waals surface area contributed by atoms with Gasteiger partial charge >= 0.3 is 0 Å². The molecule has 0 saturated carbocycles. The van der Waals surface area contributed by atoms with Crippen LogP contribution in [0.3, 0.4) is 0 Å². The average Bonchev–Trinajstić information content (AvgIpc) is 2.92. The highest BCUT2D eigenvalue weighted by Gasteiger charge is 2.22. The number of nitrogens with zero attached hydrogens (tertiary/aromatic N) is 5. The van der Waals surface area contributed by atoms with Gasteiger partial charge in [-0.15, -0.1) is 0 Å². The SMILES string of the molecule is N#Cc1cccnc1N1CCc2ncnc(NC3CCOCC3)c2CC1. The first-order valence-corrected chi connectivity index (χ1v) is 9.12. The number of anilines is 2. The third-order valence-corrected chi connectivity index (χ3v) is 5.05. The summed E-state index contributed by atoms with van der Waals surface area (Å²) in [4.78, 5) is 15.6. The molecule has 1 N–H and O–H groups in total. The highest BCUT2D eigenvalue weighted by molar-refractivity contribution is 5.55. The Balaban J connectivity index is 1.54. The van der Waals surface area contributed by atoms with Crippen molar-refractivity contribution in [2.24, 2.45) is 0 Å². The number of fused-ring (bicyclic) bond motifs is 1. The number of nitriles is 1. The number of rotatable bonds is 3. The largest absolute Gasteiger partial charge is 0.381 e. The number of hydrogen-bond donors (Lipinski definition) is 1. The standard InChI is InChI=1S/C19H22N6O/c20-12-14-2-1-7-21-19(14)25-8-3-16-17(4-9-25)22-13-23-18(16)24-15-5-10-26-11-6-15/h1-2,7,13,15H,3-6,8-11H2,(H,22,23,24). The monoisotopic (exact) mass is 350 g/mol. The maximum absolute atomic E-state index is 9.36. The van der Waals surface area contributed by atoms with E-state index in [9.17, 15) is 5.26 Å². The Hall–Kier alpha value is -2.72. The smallest absolute Gasteiger partial charge is 0.146 e. The molecule has 1 saturated heterocycles. The van der Waals surface area contributed by atoms with E-state index in [1.807, 2.05) is 6.07 Å². The molecule has 134 valence electrons. The fraction of sp³-hybridized carbons (Fsp3) is 0.474. The van der Waals surface area contributed by atoms with Gasteiger partial charge < -0.3 is 15.0 Å². The Morgan fingerprint density at radius 1 is 1.15 bits per heavy atom. The Kier molecular flexibility index (Phi) is 4.93. The molecule has 1 fully saturated rings. The minimum absolute atomic E-state index is 0.406. The van der Waals surface area contributed by atoms with Crippen molar-refractivity contribution < 1.29 is 4.74 Å². The Labute approximate surface area is 153 Å². The Bertz CT molecular complexity index is 812. The summed E-state index contributed by atoms with van der Waals surface area (Å²) in [7, 11) is 0. The molecule has 26 heavy (non-hydrogen) atoms. The van der Waals surface area contributed by atoms with Crippen molar-refractivity contribution in [3.63, 3.8) is 0 Å². The minimum Gasteiger partial charge on any atom is -0.381 e. The Morgan fingerprint density at radius 2 is 2.00 bits per heavy atom. The van der Waals surface area contributed by atoms with Gasteiger partial charge in [-0.05, 0) is 31.4 Å². The van der Waals surface area contributed by atoms with Crippen LogP contribution in [0, 0.1) is 11.3 Å². The van der Waals surface area contributed by atoms with E-state index in [2.05, 4.69) is 31.2 Å². The lowest BCUT2D eigenvalue weighted by atomic mass is 10.1. The van der Waals surface area contributed by atoms with Crippen LogP contribution in [-0.2, 0) is 17.6 Å². The molecule has 0 amide bonds. The van der Waals surface area contributed by atoms with Crippen LogP contribution in [0.1, 0.15) is 29.7 Å². The normalized spacial score (nSPS) is 17.9. The van der Waals surface area contributed by atoms with Gasteiger partial charge in [-0.3, -0.25) is 0 Å². The topological polar surface area (TPSA) is 87.0 Å². The number of hydrogen-bond acceptors (Lipinski definition) is 7. The highest BCUT2D eigenvalue weighted by atomic mass is 16.5. The van der Waals surface area contributed by atoms with Crippen molar-refractivity contribution in [2.75, 3.05) is 36.5 Å². The fourth-order valence-corrected chi connectivity index (χ4v) is 3.63. The molecule has 0 spiro atoms. The lowest BCUT2D eigenvalue weighted by molar-refractivity contribution is 0.0903. The van der Waals surface area contributed by atoms with Gasteiger partial charge in [0, 0.05) is 50.5 Å². The van der Waals surface area contributed by atoms with E-state index in [1.54, 1.807) is 18.6 Å². The molecule has 2 aliphatic heterocycles. The zero-order valence-electron chi connectivity index (χ0n) is 14.7. The summed E-state index contributed by atoms with van der Waals surface area (Å²) < 4.78 is 5.44. The molecule has 4 rings (SSSR count). The van der Waals surface area contributed by atoms with Gasteiger partial charge in [0.2, 0.25) is 0 Å². The molecule has 7 nitrogen and oxygen atoms in total. The lowest BCUT2D eigenvalue weighted by Gasteiger charge is -2.25. The van der Waals surface area contributed by atoms with Crippen molar-refractivity contribution in [2.45, 2.75) is 31.7 Å². The van der Waals surface area contributed by atoms with Gasteiger partial charge in [0.05, 0.1) is 11.3 Å². The van der Waals surface area contributed by atoms with Crippen LogP contribution in [0.4, 0.5) is 11.6 Å². The van der Waals surface area contributed by atoms with E-state index in [-0.39, 0.29) is 0 Å². The third kappa shape index (κ3) is 3.46. The van der Waals surface area contributed by atoms with Gasteiger partial charge in [0.15, 0.2) is 0 Å². The van der Waals surface area contributed by atoms with E-state index in [0.717, 1.165) is 69.3 Å². The van der Waals surface area contributed by atoms with Gasteiger partial charge in [-0.2, -0.15) is 5.26 Å². The summed E-state index contributed by atoms with van der Waals surface area (Å²) >= 11 is 0. The summed E-state index contributed by atoms with van der Waals surface area (Å²) in [5.41, 5.74) is 2.90. The van der Waals surface area contributed by atoms with Crippen molar-refractivity contribution in [1.29, 1.82) is 5.26 Å². The maximum Gasteiger partial charge on any atom is 0.146 e. The van der Waals surface area contributed by atoms with Crippen molar-refractivity contribution in [1.82, 2.24) is 15.0 Å². The van der Waals surface area contributed by atoms with Gasteiger partial charge in [0.1, 0.15) is 24.0 Å². The quantitative estimate of drug-likeness (QED) is 0.905. The summed E-state index contributed by atoms with van der Waals surface area (Å²) in [6.45, 7) is 3.20. The molecule has 0 aliphatic carbocycles. The summed E-state index contributed by atoms with van der Waals surface area (Å²) in [6.07, 6.45) is 7.06. The predicted octanol–water partition coefficient (Wildman–Crippen LogP) is 1.94. The van der Waals surface area contributed by atoms with Gasteiger partial charge in [-0.25, -0.2) is 15.0 Å². The second-order valence-electron chi connectivity index (χ2n) is 6.65. The van der Waals surface area contributed by atoms with Crippen molar-refractivity contribution >= 4 is 11.6 Å². The number of ether oxygens (including phenoxy) is 1. The summed E-state index contributed by atoms with van der Waals surface area (Å²) in [5.74, 6) is 1.71. The van der Waals surface area contributed by atoms with Crippen LogP contribution >= 0.6 is 0 Å². The minimum atomic E-state index is 0.406. The average molecular weight is 350 g/mol. The van der Waals surface area contributed by atoms with Gasteiger partial charge in [0.25, 0.3) is 0 Å². The molecule has 0 atom stereocenters. The molecule has 4 heterocycles. The first-order valence-electron chi connectivity index (χ1n) is 9.12. The van der Waals surface area contributed by atoms with Crippen LogP contribution < -0.4 is 10.2 Å². The Morgan fingerprint density at radius 3 is 2.85 bits per heavy atom. The van der Waals surface area contributed by atoms with Crippen LogP contribution in [0.15, 0.2) is 24.7 Å². The molecule has 2 aromatic rings. The van der Waals surface area contributed by atoms with Gasteiger partial charge in [-0.1, -0.05) is 0 Å². The number of nitrogens with one attached hydrogen (secondary N) is 1. The number of aromatic nitrogens is 3. The van der Waals surface area contributed by atoms with E-state index in [4.69, 9.17) is 4.74 Å². The second-order valence-corrected chi connectivity index (χ2v) is 6.65. The molecule has 0 bridgehead atoms. The van der Waals surface area contributed by atoms with E-state index < -0.39 is 0 Å². The zero-order chi connectivity index (χ0) is 17.8. The number of pyridine rings is 1. The molecular weight excluding hydrogens is 328 g/mol. The molecule has 2 aliphatic rings. The second kappa shape index (κ2) is 7.67. The van der Waals surface area contributed by atoms with Crippen LogP contribution in [0.2, 0.25) is 0 Å². The highest BCUT2D eigenvalue weighted by Crippen LogP contribution is 2.25. The van der Waals surface area contributed by atoms with E-state index in [1.165, 1.54) is 5.56 Å². The molecular formula is C19H22N6O. The van der Waals surface area contributed by atoms with Crippen LogP contribution in [-0.4, -0.2) is 47.3 Å². The molecule has 2 aromatic heterocycles. The first-order chi connectivity index (χ1) is 12.8.